The molecule has 0 bridgehead atoms. The lowest BCUT2D eigenvalue weighted by molar-refractivity contribution is -0.117. The van der Waals surface area contributed by atoms with Gasteiger partial charge in [-0.3, -0.25) is 9.59 Å². The van der Waals surface area contributed by atoms with Crippen molar-refractivity contribution < 1.29 is 46.5 Å². The molecule has 6 aromatic rings. The number of carbonyl (C=O) groups excluding carboxylic acids is 3. The predicted octanol–water partition coefficient (Wildman–Crippen LogP) is 8.81. The second-order valence-electron chi connectivity index (χ2n) is 18.8. The van der Waals surface area contributed by atoms with Crippen LogP contribution in [0.2, 0.25) is 20.1 Å². The van der Waals surface area contributed by atoms with E-state index in [0.717, 1.165) is 12.2 Å². The number of nitrogens with zero attached hydrogens (tertiary/aromatic N) is 6. The van der Waals surface area contributed by atoms with E-state index in [4.69, 9.17) is 75.1 Å². The molecular formula is C53H56Cl4N10O10S. The molecule has 412 valence electrons. The topological polar surface area (TPSA) is 238 Å². The molecule has 2 saturated heterocycles. The molecule has 2 aliphatic rings. The molecule has 0 saturated carbocycles. The van der Waals surface area contributed by atoms with Crippen molar-refractivity contribution in [3.05, 3.63) is 106 Å². The summed E-state index contributed by atoms with van der Waals surface area (Å²) in [6.45, 7) is 12.6. The third-order valence-corrected chi connectivity index (χ3v) is 16.6. The number of hydrogen-bond donors (Lipinski definition) is 4. The molecule has 0 spiro atoms. The summed E-state index contributed by atoms with van der Waals surface area (Å²) in [6.07, 6.45) is 5.14. The number of halogens is 4. The van der Waals surface area contributed by atoms with Crippen molar-refractivity contribution in [3.63, 3.8) is 0 Å². The van der Waals surface area contributed by atoms with Gasteiger partial charge >= 0.3 is 6.09 Å². The van der Waals surface area contributed by atoms with Crippen molar-refractivity contribution >= 4 is 108 Å². The van der Waals surface area contributed by atoms with E-state index in [1.54, 1.807) is 63.5 Å². The van der Waals surface area contributed by atoms with Crippen molar-refractivity contribution in [1.29, 1.82) is 0 Å². The Morgan fingerprint density at radius 1 is 0.679 bits per heavy atom. The normalized spacial score (nSPS) is 17.6. The van der Waals surface area contributed by atoms with E-state index in [9.17, 15) is 22.8 Å². The molecule has 78 heavy (non-hydrogen) atoms. The summed E-state index contributed by atoms with van der Waals surface area (Å²) in [4.78, 5) is 58.6. The molecule has 4 heterocycles. The van der Waals surface area contributed by atoms with Crippen molar-refractivity contribution in [2.75, 3.05) is 70.5 Å². The van der Waals surface area contributed by atoms with Gasteiger partial charge in [-0.05, 0) is 68.3 Å². The fraction of sp³-hybridized carbons (Fsp3) is 0.340. The zero-order valence-electron chi connectivity index (χ0n) is 43.3. The lowest BCUT2D eigenvalue weighted by atomic mass is 10.0. The van der Waals surface area contributed by atoms with Crippen molar-refractivity contribution in [3.8, 4) is 45.3 Å². The number of likely N-dealkylation sites (tertiary alicyclic amines) is 1. The van der Waals surface area contributed by atoms with Gasteiger partial charge in [0.25, 0.3) is 0 Å². The minimum atomic E-state index is -3.53. The van der Waals surface area contributed by atoms with Gasteiger partial charge in [-0.15, -0.1) is 0 Å². The largest absolute Gasteiger partial charge is 0.495 e. The maximum absolute atomic E-state index is 13.9. The van der Waals surface area contributed by atoms with Crippen LogP contribution in [0.3, 0.4) is 0 Å². The molecule has 20 nitrogen and oxygen atoms in total. The van der Waals surface area contributed by atoms with Crippen LogP contribution >= 0.6 is 46.4 Å². The van der Waals surface area contributed by atoms with Crippen LogP contribution in [0, 0.1) is 0 Å². The Balaban J connectivity index is 0.920. The Morgan fingerprint density at radius 2 is 1.12 bits per heavy atom. The van der Waals surface area contributed by atoms with Gasteiger partial charge in [-0.25, -0.2) is 33.1 Å². The maximum Gasteiger partial charge on any atom is 0.410 e. The Hall–Kier alpha value is -6.88. The molecule has 0 radical (unpaired) electrons. The van der Waals surface area contributed by atoms with Crippen LogP contribution in [0.1, 0.15) is 27.2 Å². The number of ether oxygens (including phenoxy) is 5. The minimum Gasteiger partial charge on any atom is -0.495 e. The van der Waals surface area contributed by atoms with Gasteiger partial charge < -0.3 is 49.9 Å². The SMILES string of the molecule is C=CC(=O)NC1CN(C(=O)OC(C)(C)CCOc2cc(OC)c(Cl)c(-c3ccc4nc(N[C@@H]5CN(S(=O)(=O)CC)C[C@@H]5NC(=O)C=C)ncc4c3)c2Cl)CC1Nc1ncc2cc(-c3c(Cl)c(OC)cc(OC)c3Cl)ccc2n1. The molecule has 2 unspecified atom stereocenters. The lowest BCUT2D eigenvalue weighted by Gasteiger charge is -2.28. The number of hydrogen-bond acceptors (Lipinski definition) is 16. The summed E-state index contributed by atoms with van der Waals surface area (Å²) in [5.41, 5.74) is 2.35. The summed E-state index contributed by atoms with van der Waals surface area (Å²) >= 11 is 27.4. The minimum absolute atomic E-state index is 0.0592. The van der Waals surface area contributed by atoms with E-state index < -0.39 is 57.7 Å². The first-order chi connectivity index (χ1) is 37.2. The number of sulfonamides is 1. The predicted molar refractivity (Wildman–Crippen MR) is 302 cm³/mol. The van der Waals surface area contributed by atoms with Crippen LogP contribution in [-0.4, -0.2) is 145 Å². The number of benzene rings is 4. The molecular weight excluding hydrogens is 1110 g/mol. The van der Waals surface area contributed by atoms with Crippen LogP contribution in [-0.2, 0) is 24.3 Å². The van der Waals surface area contributed by atoms with E-state index in [2.05, 4.69) is 49.4 Å². The zero-order valence-corrected chi connectivity index (χ0v) is 47.1. The number of methoxy groups -OCH3 is 3. The zero-order chi connectivity index (χ0) is 56.2. The van der Waals surface area contributed by atoms with Crippen LogP contribution < -0.4 is 40.2 Å². The summed E-state index contributed by atoms with van der Waals surface area (Å²) in [5.74, 6) is 0.891. The Kier molecular flexibility index (Phi) is 17.6. The number of rotatable bonds is 20. The number of aromatic nitrogens is 4. The molecule has 2 fully saturated rings. The molecule has 4 N–H and O–H groups in total. The van der Waals surface area contributed by atoms with Crippen molar-refractivity contribution in [1.82, 2.24) is 39.8 Å². The second kappa shape index (κ2) is 24.0. The number of anilines is 2. The van der Waals surface area contributed by atoms with Gasteiger partial charge in [-0.2, -0.15) is 4.31 Å². The highest BCUT2D eigenvalue weighted by molar-refractivity contribution is 7.89. The van der Waals surface area contributed by atoms with E-state index in [-0.39, 0.29) is 72.7 Å². The fourth-order valence-electron chi connectivity index (χ4n) is 9.04. The van der Waals surface area contributed by atoms with Gasteiger partial charge in [0.15, 0.2) is 0 Å². The Morgan fingerprint density at radius 3 is 1.59 bits per heavy atom. The average Bonchev–Trinajstić information content (AvgIpc) is 4.06. The second-order valence-corrected chi connectivity index (χ2v) is 22.6. The van der Waals surface area contributed by atoms with Gasteiger partial charge in [-0.1, -0.05) is 71.7 Å². The summed E-state index contributed by atoms with van der Waals surface area (Å²) in [7, 11) is 0.937. The number of fused-ring (bicyclic) bond motifs is 2. The molecule has 8 rings (SSSR count). The van der Waals surface area contributed by atoms with Gasteiger partial charge in [0, 0.05) is 79.0 Å². The standard InChI is InChI=1S/C53H56Cl4N10O10S/c1-9-42(68)60-34-24-66(25-35(34)64-50-58-22-30-18-28(12-14-32(30)62-50)44-46(54)38(73-6)20-39(74-7)47(44)55)52(70)77-53(4,5)16-17-76-41-21-40(75-8)48(56)45(49(41)57)29-13-15-33-31(19-29)23-59-51(63-33)65-37-27-67(78(71,72)11-3)26-36(37)61-43(69)10-2/h9-10,12-15,18-23,34-37H,1-2,11,16-17,24-27H2,3-8H3,(H,60,68)(H,61,69)(H,58,62,64)(H,59,63,65)/t34?,35?,36-,37+/m0/s1. The van der Waals surface area contributed by atoms with Gasteiger partial charge in [0.1, 0.15) is 28.6 Å². The monoisotopic (exact) mass is 1160 g/mol. The first-order valence-electron chi connectivity index (χ1n) is 24.4. The fourth-order valence-corrected chi connectivity index (χ4v) is 11.6. The van der Waals surface area contributed by atoms with Crippen molar-refractivity contribution in [2.24, 2.45) is 0 Å². The lowest BCUT2D eigenvalue weighted by Crippen LogP contribution is -2.45. The highest BCUT2D eigenvalue weighted by Crippen LogP contribution is 2.48. The average molecular weight is 1170 g/mol. The van der Waals surface area contributed by atoms with E-state index in [0.29, 0.717) is 71.4 Å². The molecule has 3 amide bonds. The van der Waals surface area contributed by atoms with Crippen molar-refractivity contribution in [2.45, 2.75) is 57.0 Å². The van der Waals surface area contributed by atoms with Crippen LogP contribution in [0.25, 0.3) is 44.1 Å². The molecule has 0 aliphatic carbocycles. The van der Waals surface area contributed by atoms with E-state index >= 15 is 0 Å². The molecule has 4 aromatic carbocycles. The third kappa shape index (κ3) is 12.5. The molecule has 25 heteroatoms. The highest BCUT2D eigenvalue weighted by atomic mass is 35.5. The van der Waals surface area contributed by atoms with Gasteiger partial charge in [0.2, 0.25) is 33.7 Å². The molecule has 2 aromatic heterocycles. The highest BCUT2D eigenvalue weighted by Gasteiger charge is 2.41. The smallest absolute Gasteiger partial charge is 0.410 e. The quantitative estimate of drug-likeness (QED) is 0.0522. The Labute approximate surface area is 470 Å². The van der Waals surface area contributed by atoms with Crippen LogP contribution in [0.4, 0.5) is 16.7 Å². The number of carbonyl (C=O) groups is 3. The maximum atomic E-state index is 13.9. The summed E-state index contributed by atoms with van der Waals surface area (Å²) in [5, 5.41) is 14.6. The van der Waals surface area contributed by atoms with E-state index in [1.165, 1.54) is 30.5 Å². The molecule has 4 atom stereocenters. The summed E-state index contributed by atoms with van der Waals surface area (Å²) in [6, 6.07) is 11.8. The van der Waals surface area contributed by atoms with Crippen LogP contribution in [0.5, 0.6) is 23.0 Å². The molecule has 2 aliphatic heterocycles. The Bertz CT molecular complexity index is 3420. The van der Waals surface area contributed by atoms with Crippen LogP contribution in [0.15, 0.2) is 86.2 Å². The van der Waals surface area contributed by atoms with E-state index in [1.807, 2.05) is 18.2 Å². The number of nitrogens with one attached hydrogen (secondary N) is 4. The third-order valence-electron chi connectivity index (χ3n) is 13.3. The summed E-state index contributed by atoms with van der Waals surface area (Å²) < 4.78 is 55.6. The van der Waals surface area contributed by atoms with Gasteiger partial charge in [0.05, 0.1) is 89.0 Å². The first kappa shape index (κ1) is 57.3. The first-order valence-corrected chi connectivity index (χ1v) is 27.5. The number of amides is 3.